The number of amides is 1. The molecular weight excluding hydrogens is 168 g/mol. The Kier molecular flexibility index (Phi) is 2.63. The van der Waals surface area contributed by atoms with E-state index in [0.29, 0.717) is 0 Å². The van der Waals surface area contributed by atoms with Crippen molar-refractivity contribution in [3.8, 4) is 0 Å². The molecule has 1 aliphatic rings. The Labute approximate surface area is 76.8 Å². The second-order valence-electron chi connectivity index (χ2n) is 2.79. The van der Waals surface area contributed by atoms with E-state index in [-0.39, 0.29) is 6.10 Å². The molecule has 4 heteroatoms. The smallest absolute Gasteiger partial charge is 0.241 e. The number of nitrogens with zero attached hydrogens (tertiary/aromatic N) is 1. The maximum Gasteiger partial charge on any atom is 0.241 e. The molecular formula is C9H12N2O2. The zero-order valence-electron chi connectivity index (χ0n) is 7.43. The van der Waals surface area contributed by atoms with Gasteiger partial charge in [-0.2, -0.15) is 0 Å². The average molecular weight is 180 g/mol. The Morgan fingerprint density at radius 2 is 2.54 bits per heavy atom. The van der Waals surface area contributed by atoms with Gasteiger partial charge in [0.2, 0.25) is 5.91 Å². The third-order valence-electron chi connectivity index (χ3n) is 1.64. The molecule has 0 saturated heterocycles. The number of carbonyl (C=O) groups is 1. The van der Waals surface area contributed by atoms with E-state index in [1.54, 1.807) is 6.21 Å². The first-order valence-corrected chi connectivity index (χ1v) is 3.93. The van der Waals surface area contributed by atoms with Gasteiger partial charge in [0.05, 0.1) is 6.10 Å². The standard InChI is InChI=1S/C9H12N2O2/c1-3-9(5-4-8(10)12)11-6-7(2)13-9/h3-7H,1H2,2H3,(H2,10,12). The van der Waals surface area contributed by atoms with Gasteiger partial charge in [0.25, 0.3) is 0 Å². The van der Waals surface area contributed by atoms with Gasteiger partial charge in [0, 0.05) is 12.3 Å². The van der Waals surface area contributed by atoms with E-state index in [1.165, 1.54) is 18.2 Å². The van der Waals surface area contributed by atoms with Crippen LogP contribution in [0.2, 0.25) is 0 Å². The largest absolute Gasteiger partial charge is 0.366 e. The first kappa shape index (κ1) is 9.67. The van der Waals surface area contributed by atoms with Crippen LogP contribution < -0.4 is 5.73 Å². The molecule has 1 rings (SSSR count). The maximum absolute atomic E-state index is 10.5. The van der Waals surface area contributed by atoms with Crippen LogP contribution in [0, 0.1) is 0 Å². The van der Waals surface area contributed by atoms with E-state index >= 15 is 0 Å². The number of aliphatic imine (C=N–C) groups is 1. The molecule has 0 aliphatic carbocycles. The number of rotatable bonds is 3. The lowest BCUT2D eigenvalue weighted by Gasteiger charge is -2.17. The van der Waals surface area contributed by atoms with Crippen LogP contribution in [-0.2, 0) is 9.53 Å². The molecule has 70 valence electrons. The monoisotopic (exact) mass is 180 g/mol. The third-order valence-corrected chi connectivity index (χ3v) is 1.64. The van der Waals surface area contributed by atoms with E-state index in [9.17, 15) is 4.79 Å². The van der Waals surface area contributed by atoms with Crippen LogP contribution in [0.5, 0.6) is 0 Å². The van der Waals surface area contributed by atoms with Gasteiger partial charge in [0.15, 0.2) is 5.72 Å². The van der Waals surface area contributed by atoms with Gasteiger partial charge >= 0.3 is 0 Å². The molecule has 0 spiro atoms. The van der Waals surface area contributed by atoms with Crippen molar-refractivity contribution in [3.63, 3.8) is 0 Å². The Hall–Kier alpha value is -1.42. The van der Waals surface area contributed by atoms with Crippen LogP contribution in [0.3, 0.4) is 0 Å². The summed E-state index contributed by atoms with van der Waals surface area (Å²) in [7, 11) is 0. The molecule has 4 nitrogen and oxygen atoms in total. The third kappa shape index (κ3) is 2.26. The van der Waals surface area contributed by atoms with Gasteiger partial charge in [-0.25, -0.2) is 0 Å². The lowest BCUT2D eigenvalue weighted by molar-refractivity contribution is -0.113. The molecule has 2 atom stereocenters. The number of hydrogen-bond acceptors (Lipinski definition) is 3. The molecule has 1 amide bonds. The molecule has 0 aromatic heterocycles. The minimum Gasteiger partial charge on any atom is -0.366 e. The van der Waals surface area contributed by atoms with Crippen molar-refractivity contribution in [2.24, 2.45) is 10.7 Å². The number of primary amides is 1. The Bertz CT molecular complexity index is 283. The fraction of sp³-hybridized carbons (Fsp3) is 0.333. The van der Waals surface area contributed by atoms with Crippen molar-refractivity contribution in [2.75, 3.05) is 0 Å². The molecule has 0 radical (unpaired) electrons. The minimum absolute atomic E-state index is 0.0736. The van der Waals surface area contributed by atoms with E-state index in [4.69, 9.17) is 10.5 Å². The van der Waals surface area contributed by atoms with Crippen LogP contribution in [0.25, 0.3) is 0 Å². The van der Waals surface area contributed by atoms with Gasteiger partial charge < -0.3 is 10.5 Å². The molecule has 1 heterocycles. The molecule has 0 saturated carbocycles. The number of carbonyl (C=O) groups excluding carboxylic acids is 1. The number of ether oxygens (including phenoxy) is 1. The molecule has 1 aliphatic heterocycles. The summed E-state index contributed by atoms with van der Waals surface area (Å²) in [4.78, 5) is 14.6. The summed E-state index contributed by atoms with van der Waals surface area (Å²) in [5.74, 6) is -0.528. The lowest BCUT2D eigenvalue weighted by atomic mass is 10.2. The Morgan fingerprint density at radius 3 is 2.92 bits per heavy atom. The topological polar surface area (TPSA) is 64.7 Å². The van der Waals surface area contributed by atoms with Crippen LogP contribution in [0.4, 0.5) is 0 Å². The van der Waals surface area contributed by atoms with Crippen molar-refractivity contribution >= 4 is 12.1 Å². The van der Waals surface area contributed by atoms with Crippen LogP contribution >= 0.6 is 0 Å². The highest BCUT2D eigenvalue weighted by molar-refractivity contribution is 5.86. The Morgan fingerprint density at radius 1 is 1.85 bits per heavy atom. The van der Waals surface area contributed by atoms with Gasteiger partial charge in [-0.3, -0.25) is 9.79 Å². The molecule has 0 aromatic carbocycles. The highest BCUT2D eigenvalue weighted by Crippen LogP contribution is 2.23. The molecule has 2 unspecified atom stereocenters. The molecule has 0 bridgehead atoms. The van der Waals surface area contributed by atoms with Crippen molar-refractivity contribution in [1.82, 2.24) is 0 Å². The van der Waals surface area contributed by atoms with Crippen molar-refractivity contribution in [3.05, 3.63) is 24.8 Å². The average Bonchev–Trinajstić information content (AvgIpc) is 2.45. The summed E-state index contributed by atoms with van der Waals surface area (Å²) in [6, 6.07) is 0. The lowest BCUT2D eigenvalue weighted by Crippen LogP contribution is -2.24. The summed E-state index contributed by atoms with van der Waals surface area (Å²) < 4.78 is 5.41. The van der Waals surface area contributed by atoms with Crippen LogP contribution in [0.1, 0.15) is 6.92 Å². The first-order valence-electron chi connectivity index (χ1n) is 3.93. The van der Waals surface area contributed by atoms with Crippen LogP contribution in [-0.4, -0.2) is 24.0 Å². The predicted octanol–water partition coefficient (Wildman–Crippen LogP) is 0.400. The zero-order chi connectivity index (χ0) is 9.90. The predicted molar refractivity (Wildman–Crippen MR) is 50.3 cm³/mol. The quantitative estimate of drug-likeness (QED) is 0.504. The van der Waals surface area contributed by atoms with E-state index in [1.807, 2.05) is 6.92 Å². The molecule has 0 aromatic rings. The van der Waals surface area contributed by atoms with Gasteiger partial charge in [0.1, 0.15) is 0 Å². The van der Waals surface area contributed by atoms with E-state index in [2.05, 4.69) is 11.6 Å². The normalized spacial score (nSPS) is 32.5. The SMILES string of the molecule is C=CC1(C=CC(N)=O)N=CC(C)O1. The van der Waals surface area contributed by atoms with E-state index < -0.39 is 11.6 Å². The summed E-state index contributed by atoms with van der Waals surface area (Å²) in [6.45, 7) is 5.44. The number of hydrogen-bond donors (Lipinski definition) is 1. The molecule has 0 fully saturated rings. The minimum atomic E-state index is -0.908. The van der Waals surface area contributed by atoms with Gasteiger partial charge in [-0.1, -0.05) is 6.58 Å². The van der Waals surface area contributed by atoms with E-state index in [0.717, 1.165) is 0 Å². The highest BCUT2D eigenvalue weighted by Gasteiger charge is 2.29. The molecule has 13 heavy (non-hydrogen) atoms. The summed E-state index contributed by atoms with van der Waals surface area (Å²) in [5, 5.41) is 0. The fourth-order valence-corrected chi connectivity index (χ4v) is 1.03. The number of nitrogens with two attached hydrogens (primary N) is 1. The summed E-state index contributed by atoms with van der Waals surface area (Å²) >= 11 is 0. The maximum atomic E-state index is 10.5. The second kappa shape index (κ2) is 3.53. The van der Waals surface area contributed by atoms with Crippen LogP contribution in [0.15, 0.2) is 29.8 Å². The first-order chi connectivity index (χ1) is 6.08. The highest BCUT2D eigenvalue weighted by atomic mass is 16.5. The second-order valence-corrected chi connectivity index (χ2v) is 2.79. The van der Waals surface area contributed by atoms with Gasteiger partial charge in [-0.05, 0) is 19.1 Å². The zero-order valence-corrected chi connectivity index (χ0v) is 7.43. The van der Waals surface area contributed by atoms with Crippen molar-refractivity contribution in [1.29, 1.82) is 0 Å². The molecule has 2 N–H and O–H groups in total. The van der Waals surface area contributed by atoms with Gasteiger partial charge in [-0.15, -0.1) is 0 Å². The summed E-state index contributed by atoms with van der Waals surface area (Å²) in [6.07, 6.45) is 5.81. The Balaban J connectivity index is 2.79. The van der Waals surface area contributed by atoms with Crippen molar-refractivity contribution in [2.45, 2.75) is 18.8 Å². The fourth-order valence-electron chi connectivity index (χ4n) is 1.03. The van der Waals surface area contributed by atoms with Crippen molar-refractivity contribution < 1.29 is 9.53 Å². The summed E-state index contributed by atoms with van der Waals surface area (Å²) in [5.41, 5.74) is 4.04.